The molecule has 6 nitrogen and oxygen atoms in total. The number of benzene rings is 3. The van der Waals surface area contributed by atoms with Gasteiger partial charge in [0.25, 0.3) is 0 Å². The lowest BCUT2D eigenvalue weighted by atomic mass is 9.84. The first-order valence-corrected chi connectivity index (χ1v) is 14.1. The van der Waals surface area contributed by atoms with Crippen LogP contribution in [0.3, 0.4) is 0 Å². The zero-order valence-electron chi connectivity index (χ0n) is 24.5. The molecule has 6 heteroatoms. The van der Waals surface area contributed by atoms with Crippen LogP contribution in [0.5, 0.6) is 23.0 Å². The second-order valence-corrected chi connectivity index (χ2v) is 11.7. The van der Waals surface area contributed by atoms with Crippen molar-refractivity contribution in [2.75, 3.05) is 19.1 Å². The number of hydrogen-bond donors (Lipinski definition) is 0. The fourth-order valence-corrected chi connectivity index (χ4v) is 5.12. The van der Waals surface area contributed by atoms with E-state index in [4.69, 9.17) is 14.2 Å². The molecule has 0 aliphatic heterocycles. The van der Waals surface area contributed by atoms with Crippen LogP contribution >= 0.6 is 0 Å². The molecule has 1 aliphatic carbocycles. The average Bonchev–Trinajstić information content (AvgIpc) is 2.97. The molecule has 212 valence electrons. The maximum absolute atomic E-state index is 13.1. The lowest BCUT2D eigenvalue weighted by molar-refractivity contribution is -0.139. The van der Waals surface area contributed by atoms with E-state index in [0.29, 0.717) is 24.5 Å². The molecular weight excluding hydrogens is 512 g/mol. The van der Waals surface area contributed by atoms with Crippen LogP contribution in [0, 0.1) is 5.92 Å². The van der Waals surface area contributed by atoms with Gasteiger partial charge in [-0.1, -0.05) is 51.1 Å². The van der Waals surface area contributed by atoms with Gasteiger partial charge in [0.1, 0.15) is 28.8 Å². The highest BCUT2D eigenvalue weighted by molar-refractivity contribution is 5.76. The average molecular weight is 551 g/mol. The van der Waals surface area contributed by atoms with Gasteiger partial charge in [0.05, 0.1) is 13.0 Å². The lowest BCUT2D eigenvalue weighted by Crippen LogP contribution is -2.26. The van der Waals surface area contributed by atoms with E-state index in [2.05, 4.69) is 61.0 Å². The van der Waals surface area contributed by atoms with Crippen molar-refractivity contribution in [2.45, 2.75) is 52.0 Å². The number of aryl methyl sites for hydroxylation is 1. The van der Waals surface area contributed by atoms with Gasteiger partial charge < -0.3 is 19.1 Å². The van der Waals surface area contributed by atoms with Crippen LogP contribution in [0.2, 0.25) is 0 Å². The SMILES string of the molecule is COc1ccc(CN(C)c2cc(Oc3ccc4c(c3)CC(C(=O)Oc3cccc(C(C)(C)C)c3)CC4)ccn2)cc1. The number of fused-ring (bicyclic) bond motifs is 1. The Morgan fingerprint density at radius 1 is 0.902 bits per heavy atom. The topological polar surface area (TPSA) is 60.9 Å². The highest BCUT2D eigenvalue weighted by Gasteiger charge is 2.27. The number of anilines is 1. The molecule has 0 amide bonds. The summed E-state index contributed by atoms with van der Waals surface area (Å²) < 4.78 is 17.3. The predicted octanol–water partition coefficient (Wildman–Crippen LogP) is 7.53. The number of esters is 1. The first kappa shape index (κ1) is 28.2. The Morgan fingerprint density at radius 3 is 2.41 bits per heavy atom. The number of ether oxygens (including phenoxy) is 3. The fraction of sp³-hybridized carbons (Fsp3) is 0.314. The molecule has 3 aromatic carbocycles. The van der Waals surface area contributed by atoms with Crippen LogP contribution in [-0.4, -0.2) is 25.1 Å². The van der Waals surface area contributed by atoms with Gasteiger partial charge in [-0.2, -0.15) is 0 Å². The molecule has 1 atom stereocenters. The van der Waals surface area contributed by atoms with E-state index in [1.54, 1.807) is 13.3 Å². The van der Waals surface area contributed by atoms with E-state index in [-0.39, 0.29) is 17.3 Å². The molecular formula is C35H38N2O4. The summed E-state index contributed by atoms with van der Waals surface area (Å²) in [6.45, 7) is 7.16. The van der Waals surface area contributed by atoms with E-state index in [1.807, 2.05) is 55.6 Å². The normalized spacial score (nSPS) is 14.6. The van der Waals surface area contributed by atoms with Gasteiger partial charge in [-0.15, -0.1) is 0 Å². The highest BCUT2D eigenvalue weighted by Crippen LogP contribution is 2.33. The minimum atomic E-state index is -0.185. The van der Waals surface area contributed by atoms with E-state index in [0.717, 1.165) is 46.8 Å². The van der Waals surface area contributed by atoms with Crippen molar-refractivity contribution < 1.29 is 19.0 Å². The summed E-state index contributed by atoms with van der Waals surface area (Å²) in [5.74, 6) is 3.35. The van der Waals surface area contributed by atoms with Gasteiger partial charge >= 0.3 is 5.97 Å². The molecule has 0 fully saturated rings. The standard InChI is InChI=1S/C35H38N2O4/c1-35(2,3)28-7-6-8-30(21-28)41-34(38)26-12-11-25-13-16-31(20-27(25)19-26)40-32-17-18-36-33(22-32)37(4)23-24-9-14-29(39-5)15-10-24/h6-10,13-18,20-22,26H,11-12,19,23H2,1-5H3. The third-order valence-electron chi connectivity index (χ3n) is 7.58. The van der Waals surface area contributed by atoms with Crippen LogP contribution in [0.1, 0.15) is 49.4 Å². The van der Waals surface area contributed by atoms with Gasteiger partial charge in [0.15, 0.2) is 0 Å². The number of pyridine rings is 1. The monoisotopic (exact) mass is 550 g/mol. The summed E-state index contributed by atoms with van der Waals surface area (Å²) in [5, 5.41) is 0. The zero-order valence-corrected chi connectivity index (χ0v) is 24.5. The summed E-state index contributed by atoms with van der Waals surface area (Å²) in [4.78, 5) is 19.7. The summed E-state index contributed by atoms with van der Waals surface area (Å²) in [6.07, 6.45) is 4.01. The summed E-state index contributed by atoms with van der Waals surface area (Å²) in [6, 6.07) is 25.8. The minimum Gasteiger partial charge on any atom is -0.497 e. The van der Waals surface area contributed by atoms with Crippen molar-refractivity contribution in [3.8, 4) is 23.0 Å². The number of carbonyl (C=O) groups excluding carboxylic acids is 1. The van der Waals surface area contributed by atoms with Gasteiger partial charge in [-0.05, 0) is 89.4 Å². The smallest absolute Gasteiger partial charge is 0.314 e. The molecule has 0 spiro atoms. The van der Waals surface area contributed by atoms with Crippen molar-refractivity contribution in [3.63, 3.8) is 0 Å². The number of aromatic nitrogens is 1. The van der Waals surface area contributed by atoms with Crippen LogP contribution in [-0.2, 0) is 29.6 Å². The molecule has 0 saturated heterocycles. The Bertz CT molecular complexity index is 1510. The molecule has 4 aromatic rings. The van der Waals surface area contributed by atoms with Crippen molar-refractivity contribution in [2.24, 2.45) is 5.92 Å². The quantitative estimate of drug-likeness (QED) is 0.167. The van der Waals surface area contributed by atoms with E-state index in [9.17, 15) is 4.79 Å². The first-order valence-electron chi connectivity index (χ1n) is 14.1. The Labute approximate surface area is 242 Å². The maximum atomic E-state index is 13.1. The Kier molecular flexibility index (Phi) is 8.29. The molecule has 1 unspecified atom stereocenters. The van der Waals surface area contributed by atoms with E-state index >= 15 is 0 Å². The maximum Gasteiger partial charge on any atom is 0.314 e. The molecule has 5 rings (SSSR count). The third-order valence-corrected chi connectivity index (χ3v) is 7.58. The van der Waals surface area contributed by atoms with Gasteiger partial charge in [-0.25, -0.2) is 4.98 Å². The predicted molar refractivity (Wildman–Crippen MR) is 162 cm³/mol. The molecule has 0 bridgehead atoms. The fourth-order valence-electron chi connectivity index (χ4n) is 5.12. The number of carbonyl (C=O) groups is 1. The van der Waals surface area contributed by atoms with Crippen LogP contribution in [0.15, 0.2) is 85.1 Å². The lowest BCUT2D eigenvalue weighted by Gasteiger charge is -2.24. The first-order chi connectivity index (χ1) is 19.7. The number of rotatable bonds is 8. The molecule has 0 radical (unpaired) electrons. The third kappa shape index (κ3) is 7.07. The number of hydrogen-bond acceptors (Lipinski definition) is 6. The largest absolute Gasteiger partial charge is 0.497 e. The van der Waals surface area contributed by atoms with Crippen LogP contribution < -0.4 is 19.1 Å². The van der Waals surface area contributed by atoms with Crippen molar-refractivity contribution in [1.82, 2.24) is 4.98 Å². The molecule has 1 heterocycles. The van der Waals surface area contributed by atoms with E-state index in [1.165, 1.54) is 5.56 Å². The number of nitrogens with zero attached hydrogens (tertiary/aromatic N) is 2. The molecule has 41 heavy (non-hydrogen) atoms. The summed E-state index contributed by atoms with van der Waals surface area (Å²) in [7, 11) is 3.67. The molecule has 1 aliphatic rings. The van der Waals surface area contributed by atoms with Crippen LogP contribution in [0.4, 0.5) is 5.82 Å². The molecule has 0 N–H and O–H groups in total. The molecule has 0 saturated carbocycles. The molecule has 1 aromatic heterocycles. The zero-order chi connectivity index (χ0) is 29.0. The Balaban J connectivity index is 1.23. The van der Waals surface area contributed by atoms with Gasteiger partial charge in [0.2, 0.25) is 0 Å². The number of methoxy groups -OCH3 is 1. The Hall–Kier alpha value is -4.32. The van der Waals surface area contributed by atoms with E-state index < -0.39 is 0 Å². The minimum absolute atomic E-state index is 0.00979. The van der Waals surface area contributed by atoms with Crippen molar-refractivity contribution in [3.05, 3.63) is 107 Å². The summed E-state index contributed by atoms with van der Waals surface area (Å²) in [5.41, 5.74) is 4.68. The van der Waals surface area contributed by atoms with Crippen LogP contribution in [0.25, 0.3) is 0 Å². The summed E-state index contributed by atoms with van der Waals surface area (Å²) >= 11 is 0. The van der Waals surface area contributed by atoms with Crippen molar-refractivity contribution >= 4 is 11.8 Å². The highest BCUT2D eigenvalue weighted by atomic mass is 16.5. The van der Waals surface area contributed by atoms with Gasteiger partial charge in [-0.3, -0.25) is 4.79 Å². The Morgan fingerprint density at radius 2 is 1.66 bits per heavy atom. The van der Waals surface area contributed by atoms with Gasteiger partial charge in [0, 0.05) is 25.9 Å². The van der Waals surface area contributed by atoms with Crippen molar-refractivity contribution in [1.29, 1.82) is 0 Å². The second kappa shape index (κ2) is 12.0. The second-order valence-electron chi connectivity index (χ2n) is 11.7.